The zero-order chi connectivity index (χ0) is 14.6. The molecule has 1 saturated carbocycles. The number of halogens is 1. The fraction of sp³-hybridized carbons (Fsp3) is 0.667. The lowest BCUT2D eigenvalue weighted by molar-refractivity contribution is 0.187. The summed E-state index contributed by atoms with van der Waals surface area (Å²) in [7, 11) is 0. The average Bonchev–Trinajstić information content (AvgIpc) is 2.93. The number of nitrogens with one attached hydrogen (secondary N) is 1. The fourth-order valence-corrected chi connectivity index (χ4v) is 3.75. The van der Waals surface area contributed by atoms with Gasteiger partial charge >= 0.3 is 0 Å². The van der Waals surface area contributed by atoms with Gasteiger partial charge in [0, 0.05) is 6.04 Å². The van der Waals surface area contributed by atoms with E-state index in [4.69, 9.17) is 0 Å². The van der Waals surface area contributed by atoms with Crippen LogP contribution in [-0.4, -0.2) is 6.54 Å². The molecule has 112 valence electrons. The molecule has 1 atom stereocenters. The van der Waals surface area contributed by atoms with Gasteiger partial charge in [-0.1, -0.05) is 38.8 Å². The molecule has 1 aromatic rings. The first kappa shape index (κ1) is 15.5. The molecule has 2 heteroatoms. The topological polar surface area (TPSA) is 12.0 Å². The second-order valence-corrected chi connectivity index (χ2v) is 6.32. The van der Waals surface area contributed by atoms with Gasteiger partial charge in [-0.05, 0) is 61.8 Å². The molecule has 0 spiro atoms. The number of hydrogen-bond acceptors (Lipinski definition) is 1. The third-order valence-corrected chi connectivity index (χ3v) is 5.03. The van der Waals surface area contributed by atoms with Crippen molar-refractivity contribution in [3.05, 3.63) is 35.1 Å². The summed E-state index contributed by atoms with van der Waals surface area (Å²) >= 11 is 0. The van der Waals surface area contributed by atoms with Gasteiger partial charge in [0.15, 0.2) is 0 Å². The Hall–Kier alpha value is -0.890. The average molecular weight is 277 g/mol. The normalized spacial score (nSPS) is 19.2. The van der Waals surface area contributed by atoms with Crippen molar-refractivity contribution in [3.63, 3.8) is 0 Å². The quantitative estimate of drug-likeness (QED) is 0.758. The maximum atomic E-state index is 13.5. The van der Waals surface area contributed by atoms with Crippen LogP contribution in [0.2, 0.25) is 0 Å². The summed E-state index contributed by atoms with van der Waals surface area (Å²) in [5, 5.41) is 3.74. The molecule has 1 N–H and O–H groups in total. The van der Waals surface area contributed by atoms with Crippen molar-refractivity contribution in [1.29, 1.82) is 0 Å². The van der Waals surface area contributed by atoms with E-state index >= 15 is 0 Å². The van der Waals surface area contributed by atoms with E-state index in [1.807, 2.05) is 19.1 Å². The molecule has 2 rings (SSSR count). The Bertz CT molecular complexity index is 435. The van der Waals surface area contributed by atoms with Gasteiger partial charge in [-0.15, -0.1) is 0 Å². The lowest BCUT2D eigenvalue weighted by atomic mass is 9.73. The molecule has 1 aliphatic rings. The van der Waals surface area contributed by atoms with Crippen molar-refractivity contribution in [2.75, 3.05) is 6.54 Å². The zero-order valence-electron chi connectivity index (χ0n) is 13.1. The van der Waals surface area contributed by atoms with Crippen LogP contribution in [0.4, 0.5) is 4.39 Å². The molecular weight excluding hydrogens is 249 g/mol. The van der Waals surface area contributed by atoms with Gasteiger partial charge in [0.05, 0.1) is 0 Å². The molecule has 0 radical (unpaired) electrons. The van der Waals surface area contributed by atoms with Gasteiger partial charge in [-0.25, -0.2) is 4.39 Å². The van der Waals surface area contributed by atoms with Crippen LogP contribution in [0.1, 0.15) is 69.5 Å². The second kappa shape index (κ2) is 6.71. The summed E-state index contributed by atoms with van der Waals surface area (Å²) in [6.07, 6.45) is 7.58. The predicted octanol–water partition coefficient (Wildman–Crippen LogP) is 5.15. The van der Waals surface area contributed by atoms with Crippen molar-refractivity contribution in [2.45, 2.75) is 65.3 Å². The van der Waals surface area contributed by atoms with Crippen LogP contribution in [0.3, 0.4) is 0 Å². The van der Waals surface area contributed by atoms with Crippen LogP contribution in [-0.2, 0) is 0 Å². The number of benzene rings is 1. The minimum Gasteiger partial charge on any atom is -0.309 e. The minimum atomic E-state index is -0.0973. The Morgan fingerprint density at radius 1 is 1.25 bits per heavy atom. The third kappa shape index (κ3) is 3.06. The molecule has 0 amide bonds. The van der Waals surface area contributed by atoms with E-state index < -0.39 is 0 Å². The van der Waals surface area contributed by atoms with Crippen LogP contribution in [0.25, 0.3) is 0 Å². The standard InChI is InChI=1S/C18H28FN/c1-4-12-20-17(18(5-2)10-6-7-11-18)15-8-9-16(19)14(3)13-15/h8-9,13,17,20H,4-7,10-12H2,1-3H3. The SMILES string of the molecule is CCCNC(c1ccc(F)c(C)c1)C1(CC)CCCC1. The molecule has 1 nitrogen and oxygen atoms in total. The molecule has 1 aliphatic carbocycles. The first-order chi connectivity index (χ1) is 9.63. The highest BCUT2D eigenvalue weighted by Crippen LogP contribution is 2.50. The first-order valence-electron chi connectivity index (χ1n) is 8.12. The van der Waals surface area contributed by atoms with Crippen molar-refractivity contribution in [2.24, 2.45) is 5.41 Å². The van der Waals surface area contributed by atoms with Gasteiger partial charge in [-0.3, -0.25) is 0 Å². The smallest absolute Gasteiger partial charge is 0.126 e. The number of aryl methyl sites for hydroxylation is 1. The highest BCUT2D eigenvalue weighted by atomic mass is 19.1. The van der Waals surface area contributed by atoms with Gasteiger partial charge in [0.2, 0.25) is 0 Å². The minimum absolute atomic E-state index is 0.0973. The van der Waals surface area contributed by atoms with Crippen LogP contribution >= 0.6 is 0 Å². The molecule has 1 fully saturated rings. The highest BCUT2D eigenvalue weighted by Gasteiger charge is 2.40. The Balaban J connectivity index is 2.32. The largest absolute Gasteiger partial charge is 0.309 e. The summed E-state index contributed by atoms with van der Waals surface area (Å²) in [6, 6.07) is 6.02. The summed E-state index contributed by atoms with van der Waals surface area (Å²) in [5.74, 6) is -0.0973. The molecule has 0 saturated heterocycles. The van der Waals surface area contributed by atoms with Crippen molar-refractivity contribution in [1.82, 2.24) is 5.32 Å². The van der Waals surface area contributed by atoms with Crippen molar-refractivity contribution in [3.8, 4) is 0 Å². The first-order valence-corrected chi connectivity index (χ1v) is 8.12. The van der Waals surface area contributed by atoms with E-state index in [1.54, 1.807) is 6.07 Å². The van der Waals surface area contributed by atoms with Gasteiger partial charge in [0.25, 0.3) is 0 Å². The zero-order valence-corrected chi connectivity index (χ0v) is 13.1. The Morgan fingerprint density at radius 2 is 1.95 bits per heavy atom. The molecule has 20 heavy (non-hydrogen) atoms. The summed E-state index contributed by atoms with van der Waals surface area (Å²) in [6.45, 7) is 7.40. The van der Waals surface area contributed by atoms with Crippen LogP contribution in [0.5, 0.6) is 0 Å². The van der Waals surface area contributed by atoms with E-state index in [1.165, 1.54) is 37.7 Å². The maximum Gasteiger partial charge on any atom is 0.126 e. The Labute approximate surface area is 123 Å². The number of rotatable bonds is 6. The molecule has 0 aromatic heterocycles. The molecule has 0 heterocycles. The van der Waals surface area contributed by atoms with Crippen LogP contribution in [0.15, 0.2) is 18.2 Å². The van der Waals surface area contributed by atoms with Crippen molar-refractivity contribution >= 4 is 0 Å². The van der Waals surface area contributed by atoms with Crippen molar-refractivity contribution < 1.29 is 4.39 Å². The third-order valence-electron chi connectivity index (χ3n) is 5.03. The maximum absolute atomic E-state index is 13.5. The Kier molecular flexibility index (Phi) is 5.20. The van der Waals surface area contributed by atoms with E-state index in [0.29, 0.717) is 11.5 Å². The second-order valence-electron chi connectivity index (χ2n) is 6.32. The summed E-state index contributed by atoms with van der Waals surface area (Å²) in [5.41, 5.74) is 2.38. The number of hydrogen-bond donors (Lipinski definition) is 1. The van der Waals surface area contributed by atoms with Crippen LogP contribution < -0.4 is 5.32 Å². The lowest BCUT2D eigenvalue weighted by Gasteiger charge is -2.38. The molecule has 1 unspecified atom stereocenters. The monoisotopic (exact) mass is 277 g/mol. The van der Waals surface area contributed by atoms with E-state index in [0.717, 1.165) is 18.5 Å². The Morgan fingerprint density at radius 3 is 2.50 bits per heavy atom. The van der Waals surface area contributed by atoms with Crippen LogP contribution in [0, 0.1) is 18.2 Å². The van der Waals surface area contributed by atoms with E-state index in [-0.39, 0.29) is 5.82 Å². The molecule has 0 aliphatic heterocycles. The summed E-state index contributed by atoms with van der Waals surface area (Å²) < 4.78 is 13.5. The molecule has 1 aromatic carbocycles. The van der Waals surface area contributed by atoms with Gasteiger partial charge < -0.3 is 5.32 Å². The van der Waals surface area contributed by atoms with E-state index in [2.05, 4.69) is 19.2 Å². The molecule has 0 bridgehead atoms. The predicted molar refractivity (Wildman–Crippen MR) is 83.4 cm³/mol. The molecular formula is C18H28FN. The van der Waals surface area contributed by atoms with E-state index in [9.17, 15) is 4.39 Å². The highest BCUT2D eigenvalue weighted by molar-refractivity contribution is 5.28. The summed E-state index contributed by atoms with van der Waals surface area (Å²) in [4.78, 5) is 0. The van der Waals surface area contributed by atoms with Gasteiger partial charge in [-0.2, -0.15) is 0 Å². The van der Waals surface area contributed by atoms with Gasteiger partial charge in [0.1, 0.15) is 5.82 Å². The fourth-order valence-electron chi connectivity index (χ4n) is 3.75. The lowest BCUT2D eigenvalue weighted by Crippen LogP contribution is -2.36.